The summed E-state index contributed by atoms with van der Waals surface area (Å²) in [4.78, 5) is 12.3. The monoisotopic (exact) mass is 238 g/mol. The minimum atomic E-state index is -0.135. The summed E-state index contributed by atoms with van der Waals surface area (Å²) in [5, 5.41) is 6.54. The van der Waals surface area contributed by atoms with Crippen LogP contribution < -0.4 is 10.6 Å². The van der Waals surface area contributed by atoms with E-state index in [2.05, 4.69) is 24.5 Å². The van der Waals surface area contributed by atoms with E-state index in [0.717, 1.165) is 32.5 Å². The maximum atomic E-state index is 12.3. The number of hydrogen-bond acceptors (Lipinski definition) is 2. The molecular formula is C14H26N2O. The molecule has 0 aromatic rings. The number of amides is 1. The van der Waals surface area contributed by atoms with Gasteiger partial charge in [0.25, 0.3) is 0 Å². The van der Waals surface area contributed by atoms with Crippen LogP contribution in [0.4, 0.5) is 0 Å². The lowest BCUT2D eigenvalue weighted by Gasteiger charge is -2.42. The predicted molar refractivity (Wildman–Crippen MR) is 69.8 cm³/mol. The van der Waals surface area contributed by atoms with Gasteiger partial charge in [-0.3, -0.25) is 4.79 Å². The van der Waals surface area contributed by atoms with Crippen molar-refractivity contribution in [2.75, 3.05) is 19.6 Å². The Bertz CT molecular complexity index is 272. The van der Waals surface area contributed by atoms with Crippen LogP contribution in [0, 0.1) is 10.8 Å². The van der Waals surface area contributed by atoms with Crippen molar-refractivity contribution in [3.8, 4) is 0 Å². The van der Waals surface area contributed by atoms with Crippen LogP contribution in [-0.2, 0) is 4.79 Å². The summed E-state index contributed by atoms with van der Waals surface area (Å²) in [5.74, 6) is 0.277. The fourth-order valence-corrected chi connectivity index (χ4v) is 3.02. The van der Waals surface area contributed by atoms with Crippen molar-refractivity contribution in [3.63, 3.8) is 0 Å². The van der Waals surface area contributed by atoms with Crippen LogP contribution in [0.2, 0.25) is 0 Å². The largest absolute Gasteiger partial charge is 0.355 e. The summed E-state index contributed by atoms with van der Waals surface area (Å²) in [5.41, 5.74) is 0.295. The first-order valence-corrected chi connectivity index (χ1v) is 7.09. The summed E-state index contributed by atoms with van der Waals surface area (Å²) in [6, 6.07) is 0. The normalized spacial score (nSPS) is 26.0. The fraction of sp³-hybridized carbons (Fsp3) is 0.929. The summed E-state index contributed by atoms with van der Waals surface area (Å²) in [6.45, 7) is 7.21. The highest BCUT2D eigenvalue weighted by atomic mass is 16.2. The molecule has 1 saturated heterocycles. The van der Waals surface area contributed by atoms with Gasteiger partial charge in [-0.1, -0.05) is 20.3 Å². The molecular weight excluding hydrogens is 212 g/mol. The molecule has 2 aliphatic rings. The van der Waals surface area contributed by atoms with E-state index in [0.29, 0.717) is 5.41 Å². The van der Waals surface area contributed by atoms with Crippen molar-refractivity contribution in [2.24, 2.45) is 10.8 Å². The van der Waals surface area contributed by atoms with Crippen molar-refractivity contribution in [2.45, 2.75) is 52.4 Å². The number of rotatable bonds is 4. The maximum Gasteiger partial charge on any atom is 0.226 e. The third-order valence-corrected chi connectivity index (χ3v) is 5.04. The lowest BCUT2D eigenvalue weighted by atomic mass is 9.67. The molecule has 1 aliphatic carbocycles. The second kappa shape index (κ2) is 4.97. The molecule has 1 amide bonds. The molecule has 0 aromatic carbocycles. The highest BCUT2D eigenvalue weighted by Gasteiger charge is 2.38. The van der Waals surface area contributed by atoms with E-state index in [1.54, 1.807) is 0 Å². The van der Waals surface area contributed by atoms with Gasteiger partial charge in [0.2, 0.25) is 5.91 Å². The van der Waals surface area contributed by atoms with Crippen LogP contribution in [0.25, 0.3) is 0 Å². The summed E-state index contributed by atoms with van der Waals surface area (Å²) >= 11 is 0. The maximum absolute atomic E-state index is 12.3. The third-order valence-electron chi connectivity index (χ3n) is 5.04. The lowest BCUT2D eigenvalue weighted by Crippen LogP contribution is -2.49. The van der Waals surface area contributed by atoms with E-state index in [1.165, 1.54) is 25.7 Å². The molecule has 0 bridgehead atoms. The van der Waals surface area contributed by atoms with E-state index < -0.39 is 0 Å². The van der Waals surface area contributed by atoms with E-state index in [9.17, 15) is 4.79 Å². The van der Waals surface area contributed by atoms with Gasteiger partial charge in [-0.2, -0.15) is 0 Å². The average molecular weight is 238 g/mol. The Morgan fingerprint density at radius 1 is 1.24 bits per heavy atom. The molecule has 3 nitrogen and oxygen atoms in total. The van der Waals surface area contributed by atoms with Gasteiger partial charge >= 0.3 is 0 Å². The van der Waals surface area contributed by atoms with Crippen LogP contribution in [0.5, 0.6) is 0 Å². The zero-order valence-electron chi connectivity index (χ0n) is 11.3. The molecule has 1 aliphatic heterocycles. The zero-order valence-corrected chi connectivity index (χ0v) is 11.3. The van der Waals surface area contributed by atoms with Gasteiger partial charge in [0.05, 0.1) is 0 Å². The Morgan fingerprint density at radius 3 is 2.35 bits per heavy atom. The smallest absolute Gasteiger partial charge is 0.226 e. The predicted octanol–water partition coefficient (Wildman–Crippen LogP) is 2.07. The van der Waals surface area contributed by atoms with Gasteiger partial charge in [0.1, 0.15) is 0 Å². The molecule has 0 spiro atoms. The topological polar surface area (TPSA) is 41.1 Å². The molecule has 1 heterocycles. The lowest BCUT2D eigenvalue weighted by molar-refractivity contribution is -0.132. The summed E-state index contributed by atoms with van der Waals surface area (Å²) < 4.78 is 0. The van der Waals surface area contributed by atoms with Crippen molar-refractivity contribution in [3.05, 3.63) is 0 Å². The van der Waals surface area contributed by atoms with Gasteiger partial charge in [-0.25, -0.2) is 0 Å². The van der Waals surface area contributed by atoms with Gasteiger partial charge < -0.3 is 10.6 Å². The highest BCUT2D eigenvalue weighted by Crippen LogP contribution is 2.43. The van der Waals surface area contributed by atoms with Crippen molar-refractivity contribution < 1.29 is 4.79 Å². The molecule has 0 atom stereocenters. The van der Waals surface area contributed by atoms with Gasteiger partial charge in [-0.05, 0) is 50.6 Å². The van der Waals surface area contributed by atoms with Crippen molar-refractivity contribution >= 4 is 5.91 Å². The molecule has 1 saturated carbocycles. The number of hydrogen-bond donors (Lipinski definition) is 2. The van der Waals surface area contributed by atoms with E-state index in [1.807, 2.05) is 0 Å². The Labute approximate surface area is 105 Å². The molecule has 0 radical (unpaired) electrons. The number of nitrogens with one attached hydrogen (secondary N) is 2. The quantitative estimate of drug-likeness (QED) is 0.787. The van der Waals surface area contributed by atoms with Gasteiger partial charge in [-0.15, -0.1) is 0 Å². The van der Waals surface area contributed by atoms with Crippen LogP contribution in [-0.4, -0.2) is 25.5 Å². The third kappa shape index (κ3) is 2.65. The zero-order chi connectivity index (χ0) is 12.4. The molecule has 2 fully saturated rings. The Hall–Kier alpha value is -0.570. The Balaban J connectivity index is 1.84. The molecule has 17 heavy (non-hydrogen) atoms. The van der Waals surface area contributed by atoms with Crippen LogP contribution in [0.15, 0.2) is 0 Å². The summed E-state index contributed by atoms with van der Waals surface area (Å²) in [6.07, 6.45) is 7.07. The molecule has 3 heteroatoms. The molecule has 2 rings (SSSR count). The first-order chi connectivity index (χ1) is 8.10. The Kier molecular flexibility index (Phi) is 3.76. The number of piperidine rings is 1. The highest BCUT2D eigenvalue weighted by molar-refractivity contribution is 5.82. The van der Waals surface area contributed by atoms with Crippen molar-refractivity contribution in [1.29, 1.82) is 0 Å². The minimum absolute atomic E-state index is 0.135. The van der Waals surface area contributed by atoms with Crippen molar-refractivity contribution in [1.82, 2.24) is 10.6 Å². The van der Waals surface area contributed by atoms with Gasteiger partial charge in [0, 0.05) is 12.0 Å². The minimum Gasteiger partial charge on any atom is -0.355 e. The van der Waals surface area contributed by atoms with E-state index >= 15 is 0 Å². The van der Waals surface area contributed by atoms with Crippen LogP contribution in [0.3, 0.4) is 0 Å². The molecule has 0 aromatic heterocycles. The Morgan fingerprint density at radius 2 is 1.88 bits per heavy atom. The van der Waals surface area contributed by atoms with E-state index in [-0.39, 0.29) is 11.3 Å². The molecule has 0 unspecified atom stereocenters. The van der Waals surface area contributed by atoms with Crippen LogP contribution in [0.1, 0.15) is 52.4 Å². The standard InChI is InChI=1S/C14H26N2O/c1-3-14(5-4-6-14)11-16-12(17)13(2)7-9-15-10-8-13/h15H,3-11H2,1-2H3,(H,16,17). The summed E-state index contributed by atoms with van der Waals surface area (Å²) in [7, 11) is 0. The number of carbonyl (C=O) groups is 1. The SMILES string of the molecule is CCC1(CNC(=O)C2(C)CCNCC2)CCC1. The van der Waals surface area contributed by atoms with Crippen LogP contribution >= 0.6 is 0 Å². The molecule has 98 valence electrons. The second-order valence-electron chi connectivity index (χ2n) is 6.20. The number of carbonyl (C=O) groups excluding carboxylic acids is 1. The molecule has 2 N–H and O–H groups in total. The average Bonchev–Trinajstić information content (AvgIpc) is 2.29. The van der Waals surface area contributed by atoms with E-state index in [4.69, 9.17) is 0 Å². The fourth-order valence-electron chi connectivity index (χ4n) is 3.02. The first-order valence-electron chi connectivity index (χ1n) is 7.09. The van der Waals surface area contributed by atoms with Gasteiger partial charge in [0.15, 0.2) is 0 Å². The second-order valence-corrected chi connectivity index (χ2v) is 6.20. The first kappa shape index (κ1) is 12.9.